The molecule has 0 aliphatic carbocycles. The summed E-state index contributed by atoms with van der Waals surface area (Å²) in [5, 5.41) is 14.3. The van der Waals surface area contributed by atoms with Crippen LogP contribution in [0.1, 0.15) is 26.4 Å². The number of carbonyl (C=O) groups excluding carboxylic acids is 1. The van der Waals surface area contributed by atoms with Gasteiger partial charge in [-0.1, -0.05) is 35.1 Å². The van der Waals surface area contributed by atoms with Crippen molar-refractivity contribution >= 4 is 33.7 Å². The third kappa shape index (κ3) is 2.93. The van der Waals surface area contributed by atoms with Crippen LogP contribution >= 0.6 is 22.7 Å². The predicted octanol–water partition coefficient (Wildman–Crippen LogP) is 4.44. The summed E-state index contributed by atoms with van der Waals surface area (Å²) in [7, 11) is 0. The van der Waals surface area contributed by atoms with Crippen LogP contribution in [0.5, 0.6) is 0 Å². The largest absolute Gasteiger partial charge is 0.296 e. The molecule has 0 fully saturated rings. The Kier molecular flexibility index (Phi) is 4.04. The smallest absolute Gasteiger partial charge is 0.267 e. The van der Waals surface area contributed by atoms with Crippen molar-refractivity contribution in [2.24, 2.45) is 0 Å². The Hall–Kier alpha value is -2.05. The van der Waals surface area contributed by atoms with E-state index in [1.54, 1.807) is 6.07 Å². The Morgan fingerprint density at radius 3 is 2.50 bits per heavy atom. The highest BCUT2D eigenvalue weighted by atomic mass is 32.1. The van der Waals surface area contributed by atoms with Crippen molar-refractivity contribution in [3.05, 3.63) is 51.2 Å². The van der Waals surface area contributed by atoms with Gasteiger partial charge in [-0.25, -0.2) is 0 Å². The van der Waals surface area contributed by atoms with Crippen molar-refractivity contribution in [1.29, 1.82) is 0 Å². The number of carbonyl (C=O) groups is 1. The lowest BCUT2D eigenvalue weighted by Crippen LogP contribution is -2.09. The number of aryl methyl sites for hydroxylation is 3. The van der Waals surface area contributed by atoms with Gasteiger partial charge < -0.3 is 0 Å². The number of hydrogen-bond acceptors (Lipinski definition) is 5. The fourth-order valence-electron chi connectivity index (χ4n) is 2.46. The van der Waals surface area contributed by atoms with E-state index in [1.807, 2.05) is 11.4 Å². The van der Waals surface area contributed by atoms with Gasteiger partial charge in [0, 0.05) is 5.56 Å². The molecule has 0 saturated heterocycles. The number of anilines is 1. The molecule has 112 valence electrons. The molecule has 2 heterocycles. The number of nitrogens with one attached hydrogen (secondary N) is 1. The van der Waals surface area contributed by atoms with Crippen LogP contribution in [0.2, 0.25) is 0 Å². The van der Waals surface area contributed by atoms with Crippen molar-refractivity contribution in [3.63, 3.8) is 0 Å². The summed E-state index contributed by atoms with van der Waals surface area (Å²) < 4.78 is 0. The van der Waals surface area contributed by atoms with Crippen LogP contribution in [0.25, 0.3) is 10.6 Å². The number of nitrogens with zero attached hydrogens (tertiary/aromatic N) is 2. The Balaban J connectivity index is 1.87. The number of hydrogen-bond donors (Lipinski definition) is 1. The van der Waals surface area contributed by atoms with E-state index in [0.717, 1.165) is 10.6 Å². The highest BCUT2D eigenvalue weighted by molar-refractivity contribution is 7.18. The van der Waals surface area contributed by atoms with E-state index in [1.165, 1.54) is 39.4 Å². The first-order valence-electron chi connectivity index (χ1n) is 6.81. The van der Waals surface area contributed by atoms with E-state index >= 15 is 0 Å². The number of benzene rings is 1. The normalized spacial score (nSPS) is 10.7. The zero-order chi connectivity index (χ0) is 15.7. The molecule has 6 heteroatoms. The third-order valence-corrected chi connectivity index (χ3v) is 5.01. The fraction of sp³-hybridized carbons (Fsp3) is 0.188. The zero-order valence-corrected chi connectivity index (χ0v) is 14.1. The summed E-state index contributed by atoms with van der Waals surface area (Å²) in [6.45, 7) is 6.22. The Bertz CT molecular complexity index is 799. The SMILES string of the molecule is Cc1cc(C)c(-c2nnc(NC(=O)c3cccs3)s2)c(C)c1. The van der Waals surface area contributed by atoms with E-state index < -0.39 is 0 Å². The molecule has 3 aromatic rings. The topological polar surface area (TPSA) is 54.9 Å². The van der Waals surface area contributed by atoms with Gasteiger partial charge in [0.05, 0.1) is 4.88 Å². The summed E-state index contributed by atoms with van der Waals surface area (Å²) in [5.41, 5.74) is 4.67. The molecule has 0 spiro atoms. The lowest BCUT2D eigenvalue weighted by Gasteiger charge is -2.07. The second-order valence-corrected chi connectivity index (χ2v) is 7.04. The van der Waals surface area contributed by atoms with E-state index in [2.05, 4.69) is 48.4 Å². The van der Waals surface area contributed by atoms with Gasteiger partial charge in [-0.3, -0.25) is 10.1 Å². The average molecular weight is 329 g/mol. The van der Waals surface area contributed by atoms with Crippen molar-refractivity contribution in [2.45, 2.75) is 20.8 Å². The molecular weight excluding hydrogens is 314 g/mol. The minimum absolute atomic E-state index is 0.143. The van der Waals surface area contributed by atoms with Crippen LogP contribution in [0.3, 0.4) is 0 Å². The first kappa shape index (κ1) is 14.9. The predicted molar refractivity (Wildman–Crippen MR) is 91.8 cm³/mol. The van der Waals surface area contributed by atoms with Crippen LogP contribution in [0.4, 0.5) is 5.13 Å². The maximum absolute atomic E-state index is 12.0. The molecule has 0 atom stereocenters. The average Bonchev–Trinajstić information content (AvgIpc) is 3.08. The number of rotatable bonds is 3. The molecule has 1 aromatic carbocycles. The van der Waals surface area contributed by atoms with Gasteiger partial charge in [-0.15, -0.1) is 21.5 Å². The highest BCUT2D eigenvalue weighted by Gasteiger charge is 2.14. The summed E-state index contributed by atoms with van der Waals surface area (Å²) in [6.07, 6.45) is 0. The van der Waals surface area contributed by atoms with Gasteiger partial charge in [0.25, 0.3) is 5.91 Å². The van der Waals surface area contributed by atoms with E-state index in [4.69, 9.17) is 0 Å². The maximum Gasteiger partial charge on any atom is 0.267 e. The molecule has 0 radical (unpaired) electrons. The van der Waals surface area contributed by atoms with Gasteiger partial charge in [-0.05, 0) is 43.3 Å². The molecule has 22 heavy (non-hydrogen) atoms. The number of amides is 1. The molecule has 2 aromatic heterocycles. The first-order chi connectivity index (χ1) is 10.5. The standard InChI is InChI=1S/C16H15N3OS2/c1-9-7-10(2)13(11(3)8-9)15-18-19-16(22-15)17-14(20)12-5-4-6-21-12/h4-8H,1-3H3,(H,17,19,20). The Morgan fingerprint density at radius 2 is 1.86 bits per heavy atom. The molecule has 1 N–H and O–H groups in total. The van der Waals surface area contributed by atoms with Crippen LogP contribution < -0.4 is 5.32 Å². The Morgan fingerprint density at radius 1 is 1.14 bits per heavy atom. The van der Waals surface area contributed by atoms with Crippen molar-refractivity contribution in [1.82, 2.24) is 10.2 Å². The lowest BCUT2D eigenvalue weighted by atomic mass is 10.0. The fourth-order valence-corrected chi connectivity index (χ4v) is 3.99. The molecule has 1 amide bonds. The van der Waals surface area contributed by atoms with Gasteiger partial charge in [0.2, 0.25) is 5.13 Å². The Labute approximate surface area is 136 Å². The van der Waals surface area contributed by atoms with E-state index in [9.17, 15) is 4.79 Å². The summed E-state index contributed by atoms with van der Waals surface area (Å²) in [4.78, 5) is 12.7. The van der Waals surface area contributed by atoms with Crippen LogP contribution in [-0.2, 0) is 0 Å². The minimum atomic E-state index is -0.143. The summed E-state index contributed by atoms with van der Waals surface area (Å²) in [6, 6.07) is 7.90. The molecule has 4 nitrogen and oxygen atoms in total. The molecule has 0 aliphatic heterocycles. The second-order valence-electron chi connectivity index (χ2n) is 5.12. The second kappa shape index (κ2) is 5.98. The summed E-state index contributed by atoms with van der Waals surface area (Å²) in [5.74, 6) is -0.143. The number of aromatic nitrogens is 2. The van der Waals surface area contributed by atoms with Crippen LogP contribution in [-0.4, -0.2) is 16.1 Å². The third-order valence-electron chi connectivity index (χ3n) is 3.28. The molecule has 0 bridgehead atoms. The number of thiophene rings is 1. The lowest BCUT2D eigenvalue weighted by molar-refractivity contribution is 0.103. The maximum atomic E-state index is 12.0. The van der Waals surface area contributed by atoms with Gasteiger partial charge >= 0.3 is 0 Å². The summed E-state index contributed by atoms with van der Waals surface area (Å²) >= 11 is 2.80. The van der Waals surface area contributed by atoms with E-state index in [-0.39, 0.29) is 5.91 Å². The van der Waals surface area contributed by atoms with Gasteiger partial charge in [0.1, 0.15) is 5.01 Å². The highest BCUT2D eigenvalue weighted by Crippen LogP contribution is 2.32. The molecule has 0 saturated carbocycles. The zero-order valence-electron chi connectivity index (χ0n) is 12.5. The minimum Gasteiger partial charge on any atom is -0.296 e. The van der Waals surface area contributed by atoms with E-state index in [0.29, 0.717) is 10.0 Å². The van der Waals surface area contributed by atoms with Gasteiger partial charge in [0.15, 0.2) is 0 Å². The monoisotopic (exact) mass is 329 g/mol. The van der Waals surface area contributed by atoms with Gasteiger partial charge in [-0.2, -0.15) is 0 Å². The van der Waals surface area contributed by atoms with Crippen LogP contribution in [0, 0.1) is 20.8 Å². The van der Waals surface area contributed by atoms with Crippen molar-refractivity contribution < 1.29 is 4.79 Å². The quantitative estimate of drug-likeness (QED) is 0.772. The molecule has 3 rings (SSSR count). The molecule has 0 unspecified atom stereocenters. The van der Waals surface area contributed by atoms with Crippen LogP contribution in [0.15, 0.2) is 29.6 Å². The van der Waals surface area contributed by atoms with Crippen molar-refractivity contribution in [3.8, 4) is 10.6 Å². The first-order valence-corrected chi connectivity index (χ1v) is 8.51. The molecule has 0 aliphatic rings. The van der Waals surface area contributed by atoms with Crippen molar-refractivity contribution in [2.75, 3.05) is 5.32 Å². The molecular formula is C16H15N3OS2.